The van der Waals surface area contributed by atoms with Gasteiger partial charge in [-0.15, -0.1) is 0 Å². The number of hydrogen-bond donors (Lipinski definition) is 1. The summed E-state index contributed by atoms with van der Waals surface area (Å²) >= 11 is 5.83. The Bertz CT molecular complexity index is 570. The molecule has 2 aromatic rings. The molecule has 0 saturated heterocycles. The summed E-state index contributed by atoms with van der Waals surface area (Å²) in [6, 6.07) is 3.08. The third-order valence-corrected chi connectivity index (χ3v) is 2.76. The second-order valence-corrected chi connectivity index (χ2v) is 4.19. The molecule has 3 nitrogen and oxygen atoms in total. The molecule has 1 aromatic heterocycles. The average molecular weight is 276 g/mol. The Kier molecular flexibility index (Phi) is 2.98. The first-order valence-corrected chi connectivity index (χ1v) is 5.35. The van der Waals surface area contributed by atoms with E-state index in [-0.39, 0.29) is 5.02 Å². The van der Waals surface area contributed by atoms with Gasteiger partial charge in [0.2, 0.25) is 0 Å². The quantitative estimate of drug-likeness (QED) is 0.866. The predicted octanol–water partition coefficient (Wildman–Crippen LogP) is 3.44. The average Bonchev–Trinajstić information content (AvgIpc) is 2.57. The van der Waals surface area contributed by atoms with Crippen molar-refractivity contribution in [2.45, 2.75) is 13.1 Å². The van der Waals surface area contributed by atoms with Gasteiger partial charge in [-0.3, -0.25) is 0 Å². The molecule has 0 atom stereocenters. The number of alkyl halides is 3. The van der Waals surface area contributed by atoms with E-state index in [2.05, 4.69) is 5.10 Å². The number of halogens is 4. The normalized spacial score (nSPS) is 11.8. The maximum Gasteiger partial charge on any atom is 0.416 e. The van der Waals surface area contributed by atoms with Crippen LogP contribution in [0.25, 0.3) is 5.69 Å². The number of aryl methyl sites for hydroxylation is 1. The maximum atomic E-state index is 12.5. The molecule has 0 spiro atoms. The lowest BCUT2D eigenvalue weighted by atomic mass is 10.2. The van der Waals surface area contributed by atoms with Gasteiger partial charge in [-0.25, -0.2) is 4.68 Å². The standard InChI is InChI=1S/C11H9ClF3N3/c1-6-9(16)5-18(17-6)10-3-2-7(4-8(10)12)11(13,14)15/h2-5H,16H2,1H3. The molecule has 2 rings (SSSR count). The number of benzene rings is 1. The van der Waals surface area contributed by atoms with E-state index in [1.807, 2.05) is 0 Å². The van der Waals surface area contributed by atoms with Crippen molar-refractivity contribution in [1.82, 2.24) is 9.78 Å². The lowest BCUT2D eigenvalue weighted by Crippen LogP contribution is -2.06. The topological polar surface area (TPSA) is 43.8 Å². The molecule has 0 unspecified atom stereocenters. The summed E-state index contributed by atoms with van der Waals surface area (Å²) in [6.45, 7) is 1.70. The van der Waals surface area contributed by atoms with Crippen molar-refractivity contribution in [3.63, 3.8) is 0 Å². The summed E-state index contributed by atoms with van der Waals surface area (Å²) in [5.74, 6) is 0. The van der Waals surface area contributed by atoms with Crippen molar-refractivity contribution in [2.75, 3.05) is 5.73 Å². The van der Waals surface area contributed by atoms with E-state index in [9.17, 15) is 13.2 Å². The number of hydrogen-bond acceptors (Lipinski definition) is 2. The summed E-state index contributed by atoms with van der Waals surface area (Å²) in [7, 11) is 0. The number of rotatable bonds is 1. The van der Waals surface area contributed by atoms with Crippen LogP contribution in [0.5, 0.6) is 0 Å². The zero-order chi connectivity index (χ0) is 13.5. The summed E-state index contributed by atoms with van der Waals surface area (Å²) in [4.78, 5) is 0. The fourth-order valence-electron chi connectivity index (χ4n) is 1.47. The van der Waals surface area contributed by atoms with Crippen LogP contribution in [0.2, 0.25) is 5.02 Å². The SMILES string of the molecule is Cc1nn(-c2ccc(C(F)(F)F)cc2Cl)cc1N. The van der Waals surface area contributed by atoms with Crippen LogP contribution < -0.4 is 5.73 Å². The van der Waals surface area contributed by atoms with Gasteiger partial charge in [-0.05, 0) is 25.1 Å². The fraction of sp³-hybridized carbons (Fsp3) is 0.182. The van der Waals surface area contributed by atoms with Crippen molar-refractivity contribution in [2.24, 2.45) is 0 Å². The zero-order valence-corrected chi connectivity index (χ0v) is 10.0. The monoisotopic (exact) mass is 275 g/mol. The van der Waals surface area contributed by atoms with E-state index < -0.39 is 11.7 Å². The summed E-state index contributed by atoms with van der Waals surface area (Å²) < 4.78 is 38.8. The Labute approximate surface area is 106 Å². The van der Waals surface area contributed by atoms with E-state index >= 15 is 0 Å². The van der Waals surface area contributed by atoms with Gasteiger partial charge in [0.1, 0.15) is 0 Å². The fourth-order valence-corrected chi connectivity index (χ4v) is 1.73. The highest BCUT2D eigenvalue weighted by molar-refractivity contribution is 6.32. The van der Waals surface area contributed by atoms with Crippen LogP contribution in [0.3, 0.4) is 0 Å². The van der Waals surface area contributed by atoms with Crippen LogP contribution >= 0.6 is 11.6 Å². The summed E-state index contributed by atoms with van der Waals surface area (Å²) in [6.07, 6.45) is -2.91. The minimum atomic E-state index is -4.42. The van der Waals surface area contributed by atoms with Crippen molar-refractivity contribution in [3.8, 4) is 5.69 Å². The maximum absolute atomic E-state index is 12.5. The van der Waals surface area contributed by atoms with E-state index in [0.29, 0.717) is 17.1 Å². The lowest BCUT2D eigenvalue weighted by molar-refractivity contribution is -0.137. The van der Waals surface area contributed by atoms with Crippen molar-refractivity contribution < 1.29 is 13.2 Å². The Morgan fingerprint density at radius 2 is 2.00 bits per heavy atom. The molecule has 0 bridgehead atoms. The first kappa shape index (κ1) is 12.8. The first-order valence-electron chi connectivity index (χ1n) is 4.98. The van der Waals surface area contributed by atoms with Crippen LogP contribution in [0, 0.1) is 6.92 Å². The van der Waals surface area contributed by atoms with Crippen LogP contribution in [0.1, 0.15) is 11.3 Å². The molecule has 0 aliphatic heterocycles. The second-order valence-electron chi connectivity index (χ2n) is 3.78. The molecule has 7 heteroatoms. The molecular formula is C11H9ClF3N3. The molecule has 2 N–H and O–H groups in total. The predicted molar refractivity (Wildman–Crippen MR) is 62.7 cm³/mol. The van der Waals surface area contributed by atoms with Gasteiger partial charge >= 0.3 is 6.18 Å². The Morgan fingerprint density at radius 1 is 1.33 bits per heavy atom. The van der Waals surface area contributed by atoms with Crippen molar-refractivity contribution >= 4 is 17.3 Å². The van der Waals surface area contributed by atoms with Crippen LogP contribution in [-0.4, -0.2) is 9.78 Å². The van der Waals surface area contributed by atoms with Crippen LogP contribution in [0.15, 0.2) is 24.4 Å². The number of nitrogens with two attached hydrogens (primary N) is 1. The van der Waals surface area contributed by atoms with Gasteiger partial charge < -0.3 is 5.73 Å². The summed E-state index contributed by atoms with van der Waals surface area (Å²) in [5, 5.41) is 4.02. The highest BCUT2D eigenvalue weighted by atomic mass is 35.5. The molecule has 18 heavy (non-hydrogen) atoms. The number of aromatic nitrogens is 2. The van der Waals surface area contributed by atoms with Crippen molar-refractivity contribution in [1.29, 1.82) is 0 Å². The third-order valence-electron chi connectivity index (χ3n) is 2.46. The second kappa shape index (κ2) is 4.20. The minimum absolute atomic E-state index is 0.0349. The van der Waals surface area contributed by atoms with Crippen LogP contribution in [-0.2, 0) is 6.18 Å². The highest BCUT2D eigenvalue weighted by Gasteiger charge is 2.31. The Hall–Kier alpha value is -1.69. The Morgan fingerprint density at radius 3 is 2.44 bits per heavy atom. The highest BCUT2D eigenvalue weighted by Crippen LogP contribution is 2.33. The van der Waals surface area contributed by atoms with E-state index in [1.54, 1.807) is 6.92 Å². The molecule has 96 valence electrons. The number of nitrogens with zero attached hydrogens (tertiary/aromatic N) is 2. The van der Waals surface area contributed by atoms with Gasteiger partial charge in [0.25, 0.3) is 0 Å². The van der Waals surface area contributed by atoms with Gasteiger partial charge in [-0.2, -0.15) is 18.3 Å². The van der Waals surface area contributed by atoms with Gasteiger partial charge in [0, 0.05) is 0 Å². The molecule has 0 saturated carbocycles. The number of nitrogen functional groups attached to an aromatic ring is 1. The minimum Gasteiger partial charge on any atom is -0.396 e. The summed E-state index contributed by atoms with van der Waals surface area (Å²) in [5.41, 5.74) is 6.21. The molecule has 0 aliphatic carbocycles. The van der Waals surface area contributed by atoms with E-state index in [4.69, 9.17) is 17.3 Å². The zero-order valence-electron chi connectivity index (χ0n) is 9.29. The van der Waals surface area contributed by atoms with Crippen LogP contribution in [0.4, 0.5) is 18.9 Å². The largest absolute Gasteiger partial charge is 0.416 e. The molecule has 0 amide bonds. The molecular weight excluding hydrogens is 267 g/mol. The molecule has 0 fully saturated rings. The first-order chi connectivity index (χ1) is 8.29. The van der Waals surface area contributed by atoms with Gasteiger partial charge in [-0.1, -0.05) is 11.6 Å². The Balaban J connectivity index is 2.48. The van der Waals surface area contributed by atoms with Gasteiger partial charge in [0.15, 0.2) is 0 Å². The smallest absolute Gasteiger partial charge is 0.396 e. The van der Waals surface area contributed by atoms with E-state index in [0.717, 1.165) is 12.1 Å². The third kappa shape index (κ3) is 2.28. The molecule has 1 aromatic carbocycles. The van der Waals surface area contributed by atoms with Crippen molar-refractivity contribution in [3.05, 3.63) is 40.7 Å². The molecule has 0 radical (unpaired) electrons. The molecule has 0 aliphatic rings. The number of anilines is 1. The van der Waals surface area contributed by atoms with Gasteiger partial charge in [0.05, 0.1) is 33.9 Å². The molecule has 1 heterocycles. The van der Waals surface area contributed by atoms with E-state index in [1.165, 1.54) is 16.9 Å². The lowest BCUT2D eigenvalue weighted by Gasteiger charge is -2.09.